The molecule has 0 saturated heterocycles. The third-order valence-electron chi connectivity index (χ3n) is 3.21. The Morgan fingerprint density at radius 3 is 2.24 bits per heavy atom. The first-order chi connectivity index (χ1) is 11.9. The second kappa shape index (κ2) is 8.25. The van der Waals surface area contributed by atoms with E-state index in [-0.39, 0.29) is 23.6 Å². The van der Waals surface area contributed by atoms with Crippen molar-refractivity contribution in [1.29, 1.82) is 0 Å². The van der Waals surface area contributed by atoms with E-state index in [0.717, 1.165) is 0 Å². The summed E-state index contributed by atoms with van der Waals surface area (Å²) in [4.78, 5) is 23.4. The first kappa shape index (κ1) is 18.4. The standard InChI is InChI=1S/C17H16ClNO6/c1-23-14-7-12(17(21)22)13(8-15(14)24-2)19-16(20)9-25-11-5-3-10(18)4-6-11/h3-8H,9H2,1-2H3,(H,19,20)(H,21,22). The van der Waals surface area contributed by atoms with Gasteiger partial charge in [0.1, 0.15) is 5.75 Å². The zero-order chi connectivity index (χ0) is 18.4. The minimum Gasteiger partial charge on any atom is -0.493 e. The van der Waals surface area contributed by atoms with Crippen LogP contribution in [0.15, 0.2) is 36.4 Å². The van der Waals surface area contributed by atoms with Crippen molar-refractivity contribution in [2.45, 2.75) is 0 Å². The van der Waals surface area contributed by atoms with Crippen LogP contribution >= 0.6 is 11.6 Å². The van der Waals surface area contributed by atoms with Gasteiger partial charge in [-0.25, -0.2) is 4.79 Å². The molecule has 2 aromatic carbocycles. The van der Waals surface area contributed by atoms with E-state index in [0.29, 0.717) is 16.5 Å². The van der Waals surface area contributed by atoms with E-state index < -0.39 is 11.9 Å². The van der Waals surface area contributed by atoms with E-state index in [1.807, 2.05) is 0 Å². The number of anilines is 1. The Kier molecular flexibility index (Phi) is 6.08. The first-order valence-electron chi connectivity index (χ1n) is 7.12. The lowest BCUT2D eigenvalue weighted by Crippen LogP contribution is -2.21. The van der Waals surface area contributed by atoms with Gasteiger partial charge in [0.25, 0.3) is 5.91 Å². The summed E-state index contributed by atoms with van der Waals surface area (Å²) in [6.45, 7) is -0.297. The van der Waals surface area contributed by atoms with Gasteiger partial charge in [-0.05, 0) is 24.3 Å². The minimum atomic E-state index is -1.21. The molecule has 0 fully saturated rings. The molecule has 0 spiro atoms. The number of amides is 1. The highest BCUT2D eigenvalue weighted by Gasteiger charge is 2.18. The number of carboxylic acid groups (broad SMARTS) is 1. The molecule has 0 unspecified atom stereocenters. The zero-order valence-electron chi connectivity index (χ0n) is 13.5. The highest BCUT2D eigenvalue weighted by Crippen LogP contribution is 2.33. The van der Waals surface area contributed by atoms with Crippen LogP contribution in [-0.2, 0) is 4.79 Å². The van der Waals surface area contributed by atoms with Crippen LogP contribution in [0, 0.1) is 0 Å². The lowest BCUT2D eigenvalue weighted by atomic mass is 10.1. The molecular formula is C17H16ClNO6. The van der Waals surface area contributed by atoms with Gasteiger partial charge in [0.2, 0.25) is 0 Å². The van der Waals surface area contributed by atoms with Gasteiger partial charge >= 0.3 is 5.97 Å². The SMILES string of the molecule is COc1cc(NC(=O)COc2ccc(Cl)cc2)c(C(=O)O)cc1OC. The minimum absolute atomic E-state index is 0.0786. The molecule has 132 valence electrons. The summed E-state index contributed by atoms with van der Waals surface area (Å²) < 4.78 is 15.5. The summed E-state index contributed by atoms with van der Waals surface area (Å²) in [5.74, 6) is -0.735. The van der Waals surface area contributed by atoms with Gasteiger partial charge in [0.15, 0.2) is 18.1 Å². The second-order valence-electron chi connectivity index (χ2n) is 4.85. The van der Waals surface area contributed by atoms with Crippen molar-refractivity contribution in [2.24, 2.45) is 0 Å². The molecule has 2 rings (SSSR count). The van der Waals surface area contributed by atoms with E-state index in [9.17, 15) is 14.7 Å². The van der Waals surface area contributed by atoms with Crippen molar-refractivity contribution in [3.05, 3.63) is 47.0 Å². The molecule has 2 aromatic rings. The number of benzene rings is 2. The monoisotopic (exact) mass is 365 g/mol. The van der Waals surface area contributed by atoms with Crippen molar-refractivity contribution in [3.8, 4) is 17.2 Å². The van der Waals surface area contributed by atoms with Gasteiger partial charge < -0.3 is 24.6 Å². The number of carbonyl (C=O) groups is 2. The van der Waals surface area contributed by atoms with E-state index in [2.05, 4.69) is 5.32 Å². The first-order valence-corrected chi connectivity index (χ1v) is 7.50. The maximum absolute atomic E-state index is 12.1. The summed E-state index contributed by atoms with van der Waals surface area (Å²) >= 11 is 5.77. The second-order valence-corrected chi connectivity index (χ2v) is 5.29. The van der Waals surface area contributed by atoms with Crippen LogP contribution in [0.1, 0.15) is 10.4 Å². The predicted molar refractivity (Wildman–Crippen MR) is 92.1 cm³/mol. The lowest BCUT2D eigenvalue weighted by molar-refractivity contribution is -0.118. The Balaban J connectivity index is 2.13. The van der Waals surface area contributed by atoms with Gasteiger partial charge in [0, 0.05) is 17.2 Å². The number of hydrogen-bond acceptors (Lipinski definition) is 5. The summed E-state index contributed by atoms with van der Waals surface area (Å²) in [6, 6.07) is 9.15. The van der Waals surface area contributed by atoms with Crippen LogP contribution in [0.2, 0.25) is 5.02 Å². The third kappa shape index (κ3) is 4.77. The molecule has 0 saturated carbocycles. The van der Waals surface area contributed by atoms with Gasteiger partial charge in [-0.15, -0.1) is 0 Å². The smallest absolute Gasteiger partial charge is 0.337 e. The fourth-order valence-electron chi connectivity index (χ4n) is 2.03. The fraction of sp³-hybridized carbons (Fsp3) is 0.176. The molecule has 0 aromatic heterocycles. The summed E-state index contributed by atoms with van der Waals surface area (Å²) in [5.41, 5.74) is -0.0488. The molecule has 0 aliphatic carbocycles. The average molecular weight is 366 g/mol. The lowest BCUT2D eigenvalue weighted by Gasteiger charge is -2.14. The number of halogens is 1. The van der Waals surface area contributed by atoms with Crippen LogP contribution in [-0.4, -0.2) is 37.8 Å². The molecule has 25 heavy (non-hydrogen) atoms. The molecule has 0 aliphatic rings. The largest absolute Gasteiger partial charge is 0.493 e. The third-order valence-corrected chi connectivity index (χ3v) is 3.46. The number of methoxy groups -OCH3 is 2. The van der Waals surface area contributed by atoms with Crippen LogP contribution in [0.5, 0.6) is 17.2 Å². The Labute approximate surface area is 149 Å². The molecule has 0 atom stereocenters. The highest BCUT2D eigenvalue weighted by atomic mass is 35.5. The quantitative estimate of drug-likeness (QED) is 0.783. The Hall–Kier alpha value is -2.93. The Bertz CT molecular complexity index is 775. The molecule has 0 bridgehead atoms. The number of rotatable bonds is 7. The van der Waals surface area contributed by atoms with Crippen molar-refractivity contribution in [3.63, 3.8) is 0 Å². The fourth-order valence-corrected chi connectivity index (χ4v) is 2.15. The molecule has 0 heterocycles. The number of carboxylic acids is 1. The van der Waals surface area contributed by atoms with Crippen molar-refractivity contribution in [2.75, 3.05) is 26.1 Å². The van der Waals surface area contributed by atoms with Gasteiger partial charge in [-0.1, -0.05) is 11.6 Å². The molecular weight excluding hydrogens is 350 g/mol. The van der Waals surface area contributed by atoms with E-state index in [1.54, 1.807) is 24.3 Å². The zero-order valence-corrected chi connectivity index (χ0v) is 14.3. The molecule has 0 aliphatic heterocycles. The Morgan fingerprint density at radius 2 is 1.68 bits per heavy atom. The van der Waals surface area contributed by atoms with E-state index in [4.69, 9.17) is 25.8 Å². The average Bonchev–Trinajstić information content (AvgIpc) is 2.60. The van der Waals surface area contributed by atoms with E-state index in [1.165, 1.54) is 26.4 Å². The highest BCUT2D eigenvalue weighted by molar-refractivity contribution is 6.30. The molecule has 1 amide bonds. The number of ether oxygens (including phenoxy) is 3. The number of nitrogens with one attached hydrogen (secondary N) is 1. The number of hydrogen-bond donors (Lipinski definition) is 2. The van der Waals surface area contributed by atoms with E-state index >= 15 is 0 Å². The maximum atomic E-state index is 12.1. The topological polar surface area (TPSA) is 94.1 Å². The van der Waals surface area contributed by atoms with Crippen molar-refractivity contribution in [1.82, 2.24) is 0 Å². The normalized spacial score (nSPS) is 10.0. The molecule has 2 N–H and O–H groups in total. The summed E-state index contributed by atoms with van der Waals surface area (Å²) in [7, 11) is 2.80. The molecule has 7 nitrogen and oxygen atoms in total. The van der Waals surface area contributed by atoms with Crippen molar-refractivity contribution >= 4 is 29.2 Å². The van der Waals surface area contributed by atoms with Crippen LogP contribution < -0.4 is 19.5 Å². The van der Waals surface area contributed by atoms with Gasteiger partial charge in [-0.2, -0.15) is 0 Å². The van der Waals surface area contributed by atoms with Gasteiger partial charge in [-0.3, -0.25) is 4.79 Å². The van der Waals surface area contributed by atoms with Gasteiger partial charge in [0.05, 0.1) is 25.5 Å². The molecule has 0 radical (unpaired) electrons. The van der Waals surface area contributed by atoms with Crippen LogP contribution in [0.3, 0.4) is 0 Å². The number of aromatic carboxylic acids is 1. The molecule has 8 heteroatoms. The summed E-state index contributed by atoms with van der Waals surface area (Å²) in [5, 5.41) is 12.3. The van der Waals surface area contributed by atoms with Crippen LogP contribution in [0.25, 0.3) is 0 Å². The van der Waals surface area contributed by atoms with Crippen molar-refractivity contribution < 1.29 is 28.9 Å². The summed E-state index contributed by atoms with van der Waals surface area (Å²) in [6.07, 6.45) is 0. The predicted octanol–water partition coefficient (Wildman–Crippen LogP) is 3.07. The Morgan fingerprint density at radius 1 is 1.08 bits per heavy atom. The maximum Gasteiger partial charge on any atom is 0.337 e. The number of carbonyl (C=O) groups excluding carboxylic acids is 1. The van der Waals surface area contributed by atoms with Crippen LogP contribution in [0.4, 0.5) is 5.69 Å².